The van der Waals surface area contributed by atoms with Gasteiger partial charge in [-0.25, -0.2) is 8.42 Å². The van der Waals surface area contributed by atoms with E-state index in [0.29, 0.717) is 5.69 Å². The predicted molar refractivity (Wildman–Crippen MR) is 75.9 cm³/mol. The van der Waals surface area contributed by atoms with Crippen LogP contribution in [0, 0.1) is 0 Å². The van der Waals surface area contributed by atoms with E-state index >= 15 is 0 Å². The van der Waals surface area contributed by atoms with Crippen LogP contribution >= 0.6 is 11.6 Å². The van der Waals surface area contributed by atoms with Crippen LogP contribution in [0.25, 0.3) is 0 Å². The fraction of sp³-hybridized carbons (Fsp3) is 0. The van der Waals surface area contributed by atoms with Crippen LogP contribution in [0.3, 0.4) is 0 Å². The van der Waals surface area contributed by atoms with Gasteiger partial charge in [0, 0.05) is 5.69 Å². The molecule has 0 radical (unpaired) electrons. The summed E-state index contributed by atoms with van der Waals surface area (Å²) in [6, 6.07) is 8.67. The van der Waals surface area contributed by atoms with Crippen LogP contribution in [0.15, 0.2) is 41.3 Å². The molecule has 0 aliphatic heterocycles. The zero-order chi connectivity index (χ0) is 13.2. The maximum absolute atomic E-state index is 11.9. The molecule has 1 heterocycles. The number of hydrogen-bond acceptors (Lipinski definition) is 5. The first-order valence-electron chi connectivity index (χ1n) is 4.85. The number of benzene rings is 1. The Morgan fingerprint density at radius 3 is 2.21 bits per heavy atom. The molecule has 2 aromatic rings. The van der Waals surface area contributed by atoms with Gasteiger partial charge >= 0.3 is 29.6 Å². The Balaban J connectivity index is 0.00000180. The van der Waals surface area contributed by atoms with Gasteiger partial charge in [-0.05, 0) is 36.4 Å². The van der Waals surface area contributed by atoms with E-state index in [-0.39, 0.29) is 45.4 Å². The normalized spacial score (nSPS) is 10.6. The summed E-state index contributed by atoms with van der Waals surface area (Å²) in [5, 5.41) is 7.33. The molecule has 0 unspecified atom stereocenters. The van der Waals surface area contributed by atoms with Gasteiger partial charge in [0.25, 0.3) is 10.0 Å². The molecule has 9 heteroatoms. The van der Waals surface area contributed by atoms with Gasteiger partial charge in [0.05, 0.1) is 4.90 Å². The fourth-order valence-electron chi connectivity index (χ4n) is 1.21. The number of hydrogen-bond donors (Lipinski definition) is 2. The summed E-state index contributed by atoms with van der Waals surface area (Å²) in [7, 11) is -3.69. The number of nitrogens with one attached hydrogen (secondary N) is 1. The second-order valence-corrected chi connectivity index (χ2v) is 5.49. The van der Waals surface area contributed by atoms with E-state index in [1.807, 2.05) is 0 Å². The van der Waals surface area contributed by atoms with Crippen LogP contribution in [0.2, 0.25) is 5.15 Å². The number of sulfonamides is 1. The summed E-state index contributed by atoms with van der Waals surface area (Å²) in [4.78, 5) is 0.0912. The predicted octanol–water partition coefficient (Wildman–Crippen LogP) is 0.864. The third-order valence-electron chi connectivity index (χ3n) is 2.06. The molecule has 1 aromatic heterocycles. The van der Waals surface area contributed by atoms with Crippen molar-refractivity contribution in [2.24, 2.45) is 0 Å². The van der Waals surface area contributed by atoms with E-state index in [1.165, 1.54) is 36.4 Å². The molecule has 0 amide bonds. The molecule has 0 saturated heterocycles. The second kappa shape index (κ2) is 6.53. The Bertz CT molecular complexity index is 646. The number of aromatic nitrogens is 2. The first-order chi connectivity index (χ1) is 8.47. The van der Waals surface area contributed by atoms with Gasteiger partial charge in [0.1, 0.15) is 0 Å². The Kier molecular flexibility index (Phi) is 5.57. The Morgan fingerprint density at radius 2 is 1.68 bits per heavy atom. The first kappa shape index (κ1) is 16.2. The van der Waals surface area contributed by atoms with Gasteiger partial charge in [-0.15, -0.1) is 10.2 Å². The van der Waals surface area contributed by atoms with Crippen LogP contribution in [0.4, 0.5) is 11.5 Å². The van der Waals surface area contributed by atoms with Crippen molar-refractivity contribution in [2.45, 2.75) is 4.90 Å². The molecule has 96 valence electrons. The first-order valence-corrected chi connectivity index (χ1v) is 6.71. The van der Waals surface area contributed by atoms with Gasteiger partial charge < -0.3 is 5.73 Å². The Morgan fingerprint density at radius 1 is 1.05 bits per heavy atom. The van der Waals surface area contributed by atoms with Crippen molar-refractivity contribution in [3.8, 4) is 0 Å². The number of halogens is 1. The Labute approximate surface area is 137 Å². The number of anilines is 2. The van der Waals surface area contributed by atoms with Gasteiger partial charge in [0.2, 0.25) is 0 Å². The van der Waals surface area contributed by atoms with Crippen LogP contribution < -0.4 is 10.5 Å². The maximum atomic E-state index is 11.9. The van der Waals surface area contributed by atoms with Crippen LogP contribution in [0.5, 0.6) is 0 Å². The van der Waals surface area contributed by atoms with Crippen molar-refractivity contribution < 1.29 is 8.42 Å². The van der Waals surface area contributed by atoms with Crippen LogP contribution in [-0.2, 0) is 10.0 Å². The molecule has 0 atom stereocenters. The standard InChI is InChI=1S/C10H9ClN4O2S.Na.H/c11-9-5-6-10(14-13-9)15-18(16,17)8-3-1-7(12)2-4-8;;/h1-6H,12H2,(H,14,15);;. The molecule has 1 aromatic carbocycles. The van der Waals surface area contributed by atoms with Crippen molar-refractivity contribution in [3.05, 3.63) is 41.6 Å². The molecule has 2 rings (SSSR count). The van der Waals surface area contributed by atoms with Gasteiger partial charge in [-0.1, -0.05) is 11.6 Å². The van der Waals surface area contributed by atoms with Gasteiger partial charge in [0.15, 0.2) is 11.0 Å². The molecule has 0 saturated carbocycles. The van der Waals surface area contributed by atoms with E-state index in [2.05, 4.69) is 14.9 Å². The fourth-order valence-corrected chi connectivity index (χ4v) is 2.31. The van der Waals surface area contributed by atoms with Crippen LogP contribution in [0.1, 0.15) is 0 Å². The average molecular weight is 309 g/mol. The second-order valence-electron chi connectivity index (χ2n) is 3.42. The zero-order valence-electron chi connectivity index (χ0n) is 9.04. The summed E-state index contributed by atoms with van der Waals surface area (Å²) in [6.45, 7) is 0. The molecule has 0 aliphatic carbocycles. The van der Waals surface area contributed by atoms with E-state index in [1.54, 1.807) is 0 Å². The van der Waals surface area contributed by atoms with Crippen molar-refractivity contribution in [3.63, 3.8) is 0 Å². The quantitative estimate of drug-likeness (QED) is 0.647. The molecule has 0 spiro atoms. The summed E-state index contributed by atoms with van der Waals surface area (Å²) < 4.78 is 26.2. The Hall–Kier alpha value is -0.860. The summed E-state index contributed by atoms with van der Waals surface area (Å²) >= 11 is 5.55. The summed E-state index contributed by atoms with van der Waals surface area (Å²) in [5.74, 6) is 0.0937. The average Bonchev–Trinajstić information content (AvgIpc) is 2.32. The van der Waals surface area contributed by atoms with E-state index in [0.717, 1.165) is 0 Å². The zero-order valence-corrected chi connectivity index (χ0v) is 10.6. The number of rotatable bonds is 3. The molecule has 0 aliphatic rings. The molecule has 0 fully saturated rings. The van der Waals surface area contributed by atoms with Crippen molar-refractivity contribution in [1.82, 2.24) is 10.2 Å². The van der Waals surface area contributed by atoms with E-state index in [4.69, 9.17) is 17.3 Å². The minimum atomic E-state index is -3.69. The monoisotopic (exact) mass is 308 g/mol. The summed E-state index contributed by atoms with van der Waals surface area (Å²) in [5.41, 5.74) is 5.97. The van der Waals surface area contributed by atoms with Gasteiger partial charge in [-0.2, -0.15) is 0 Å². The molecular weight excluding hydrogens is 299 g/mol. The van der Waals surface area contributed by atoms with Gasteiger partial charge in [-0.3, -0.25) is 4.72 Å². The van der Waals surface area contributed by atoms with E-state index < -0.39 is 10.0 Å². The van der Waals surface area contributed by atoms with E-state index in [9.17, 15) is 8.42 Å². The topological polar surface area (TPSA) is 98.0 Å². The molecule has 0 bridgehead atoms. The molecule has 6 nitrogen and oxygen atoms in total. The van der Waals surface area contributed by atoms with Crippen molar-refractivity contribution in [2.75, 3.05) is 10.5 Å². The SMILES string of the molecule is Nc1ccc(S(=O)(=O)Nc2ccc(Cl)nn2)cc1.[NaH]. The van der Waals surface area contributed by atoms with Crippen LogP contribution in [-0.4, -0.2) is 48.2 Å². The minimum absolute atomic E-state index is 0. The molecule has 3 N–H and O–H groups in total. The number of nitrogens with zero attached hydrogens (tertiary/aromatic N) is 2. The summed E-state index contributed by atoms with van der Waals surface area (Å²) in [6.07, 6.45) is 0. The number of nitrogens with two attached hydrogens (primary N) is 1. The van der Waals surface area contributed by atoms with Crippen molar-refractivity contribution in [1.29, 1.82) is 0 Å². The molecule has 19 heavy (non-hydrogen) atoms. The third kappa shape index (κ3) is 4.32. The number of nitrogen functional groups attached to an aromatic ring is 1. The third-order valence-corrected chi connectivity index (χ3v) is 3.63. The van der Waals surface area contributed by atoms with Crippen molar-refractivity contribution >= 4 is 62.7 Å². The molecular formula is C10H10ClN4NaO2S.